The summed E-state index contributed by atoms with van der Waals surface area (Å²) in [5.74, 6) is -0.552. The van der Waals surface area contributed by atoms with Gasteiger partial charge in [0.2, 0.25) is 10.0 Å². The van der Waals surface area contributed by atoms with Crippen LogP contribution in [0.5, 0.6) is 0 Å². The van der Waals surface area contributed by atoms with Crippen molar-refractivity contribution < 1.29 is 17.9 Å². The molecule has 0 bridgehead atoms. The standard InChI is InChI=1S/C13H17ClFNO3S/c1-9-6-12(10(14)7-11(9)15)20(18,19)16-8-13(17)4-2-3-5-13/h6-7,16-17H,2-5,8H2,1H3. The second kappa shape index (κ2) is 5.60. The van der Waals surface area contributed by atoms with E-state index in [0.717, 1.165) is 18.9 Å². The van der Waals surface area contributed by atoms with Gasteiger partial charge < -0.3 is 5.11 Å². The second-order valence-corrected chi connectivity index (χ2v) is 7.43. The lowest BCUT2D eigenvalue weighted by Gasteiger charge is -2.22. The smallest absolute Gasteiger partial charge is 0.242 e. The average Bonchev–Trinajstić information content (AvgIpc) is 2.79. The highest BCUT2D eigenvalue weighted by Crippen LogP contribution is 2.30. The summed E-state index contributed by atoms with van der Waals surface area (Å²) in [5.41, 5.74) is -0.788. The number of aliphatic hydroxyl groups is 1. The molecule has 1 saturated carbocycles. The lowest BCUT2D eigenvalue weighted by Crippen LogP contribution is -2.40. The number of rotatable bonds is 4. The van der Waals surface area contributed by atoms with E-state index in [-0.39, 0.29) is 22.0 Å². The molecule has 2 rings (SSSR count). The monoisotopic (exact) mass is 321 g/mol. The molecule has 0 unspecified atom stereocenters. The van der Waals surface area contributed by atoms with E-state index in [9.17, 15) is 17.9 Å². The molecule has 0 radical (unpaired) electrons. The minimum Gasteiger partial charge on any atom is -0.389 e. The summed E-state index contributed by atoms with van der Waals surface area (Å²) in [5, 5.41) is 9.98. The largest absolute Gasteiger partial charge is 0.389 e. The van der Waals surface area contributed by atoms with Crippen molar-refractivity contribution in [2.45, 2.75) is 43.1 Å². The Hall–Kier alpha value is -0.690. The summed E-state index contributed by atoms with van der Waals surface area (Å²) in [6.07, 6.45) is 2.92. The highest BCUT2D eigenvalue weighted by molar-refractivity contribution is 7.89. The van der Waals surface area contributed by atoms with E-state index in [0.29, 0.717) is 12.8 Å². The summed E-state index contributed by atoms with van der Waals surface area (Å²) in [6.45, 7) is 1.41. The van der Waals surface area contributed by atoms with Crippen molar-refractivity contribution in [3.8, 4) is 0 Å². The molecule has 1 fully saturated rings. The molecule has 1 aliphatic carbocycles. The fourth-order valence-corrected chi connectivity index (χ4v) is 4.07. The third-order valence-electron chi connectivity index (χ3n) is 3.63. The fraction of sp³-hybridized carbons (Fsp3) is 0.538. The van der Waals surface area contributed by atoms with Gasteiger partial charge in [-0.05, 0) is 37.5 Å². The first-order chi connectivity index (χ1) is 9.23. The van der Waals surface area contributed by atoms with Gasteiger partial charge in [-0.15, -0.1) is 0 Å². The number of benzene rings is 1. The van der Waals surface area contributed by atoms with Crippen LogP contribution in [0.15, 0.2) is 17.0 Å². The molecule has 4 nitrogen and oxygen atoms in total. The van der Waals surface area contributed by atoms with Gasteiger partial charge in [-0.25, -0.2) is 17.5 Å². The minimum atomic E-state index is -3.86. The normalized spacial score (nSPS) is 18.4. The van der Waals surface area contributed by atoms with Gasteiger partial charge in [0, 0.05) is 6.54 Å². The van der Waals surface area contributed by atoms with E-state index in [1.807, 2.05) is 0 Å². The summed E-state index contributed by atoms with van der Waals surface area (Å²) in [4.78, 5) is -0.167. The molecule has 7 heteroatoms. The molecule has 1 aromatic carbocycles. The van der Waals surface area contributed by atoms with Gasteiger partial charge in [-0.2, -0.15) is 0 Å². The van der Waals surface area contributed by atoms with Crippen LogP contribution in [-0.2, 0) is 10.0 Å². The average molecular weight is 322 g/mol. The Morgan fingerprint density at radius 3 is 2.60 bits per heavy atom. The first-order valence-corrected chi connectivity index (χ1v) is 8.27. The molecule has 0 amide bonds. The highest BCUT2D eigenvalue weighted by Gasteiger charge is 2.33. The fourth-order valence-electron chi connectivity index (χ4n) is 2.35. The van der Waals surface area contributed by atoms with Crippen molar-refractivity contribution in [3.05, 3.63) is 28.5 Å². The van der Waals surface area contributed by atoms with E-state index in [1.54, 1.807) is 0 Å². The number of sulfonamides is 1. The molecule has 0 aliphatic heterocycles. The number of hydrogen-bond acceptors (Lipinski definition) is 3. The van der Waals surface area contributed by atoms with Gasteiger partial charge >= 0.3 is 0 Å². The van der Waals surface area contributed by atoms with Crippen LogP contribution in [0.25, 0.3) is 0 Å². The van der Waals surface area contributed by atoms with Crippen LogP contribution in [0.4, 0.5) is 4.39 Å². The summed E-state index contributed by atoms with van der Waals surface area (Å²) >= 11 is 5.79. The zero-order chi connectivity index (χ0) is 15.0. The molecule has 1 aromatic rings. The first-order valence-electron chi connectivity index (χ1n) is 6.41. The molecular weight excluding hydrogens is 305 g/mol. The lowest BCUT2D eigenvalue weighted by molar-refractivity contribution is 0.0532. The SMILES string of the molecule is Cc1cc(S(=O)(=O)NCC2(O)CCCC2)c(Cl)cc1F. The molecule has 0 spiro atoms. The summed E-state index contributed by atoms with van der Waals surface area (Å²) in [7, 11) is -3.86. The van der Waals surface area contributed by atoms with Crippen molar-refractivity contribution in [3.63, 3.8) is 0 Å². The lowest BCUT2D eigenvalue weighted by atomic mass is 10.0. The van der Waals surface area contributed by atoms with Gasteiger partial charge in [-0.3, -0.25) is 0 Å². The van der Waals surface area contributed by atoms with E-state index in [1.165, 1.54) is 13.0 Å². The van der Waals surface area contributed by atoms with Crippen LogP contribution in [0, 0.1) is 12.7 Å². The molecule has 0 aromatic heterocycles. The van der Waals surface area contributed by atoms with E-state index in [4.69, 9.17) is 11.6 Å². The topological polar surface area (TPSA) is 66.4 Å². The van der Waals surface area contributed by atoms with Crippen molar-refractivity contribution in [1.29, 1.82) is 0 Å². The molecule has 0 heterocycles. The maximum atomic E-state index is 13.3. The molecule has 112 valence electrons. The van der Waals surface area contributed by atoms with Crippen molar-refractivity contribution in [1.82, 2.24) is 4.72 Å². The van der Waals surface area contributed by atoms with Crippen molar-refractivity contribution in [2.24, 2.45) is 0 Å². The zero-order valence-corrected chi connectivity index (χ0v) is 12.7. The number of hydrogen-bond donors (Lipinski definition) is 2. The Morgan fingerprint density at radius 1 is 1.40 bits per heavy atom. The van der Waals surface area contributed by atoms with Crippen LogP contribution in [-0.4, -0.2) is 25.7 Å². The maximum Gasteiger partial charge on any atom is 0.242 e. The van der Waals surface area contributed by atoms with E-state index in [2.05, 4.69) is 4.72 Å². The molecule has 20 heavy (non-hydrogen) atoms. The summed E-state index contributed by atoms with van der Waals surface area (Å²) < 4.78 is 40.0. The van der Waals surface area contributed by atoms with E-state index < -0.39 is 21.4 Å². The van der Waals surface area contributed by atoms with Gasteiger partial charge in [0.15, 0.2) is 0 Å². The van der Waals surface area contributed by atoms with Gasteiger partial charge in [0.05, 0.1) is 10.6 Å². The Balaban J connectivity index is 2.20. The summed E-state index contributed by atoms with van der Waals surface area (Å²) in [6, 6.07) is 2.18. The number of halogens is 2. The first kappa shape index (κ1) is 15.7. The Labute approximate surface area is 123 Å². The predicted molar refractivity (Wildman–Crippen MR) is 74.8 cm³/mol. The van der Waals surface area contributed by atoms with Crippen LogP contribution >= 0.6 is 11.6 Å². The molecule has 0 saturated heterocycles. The van der Waals surface area contributed by atoms with Crippen LogP contribution in [0.3, 0.4) is 0 Å². The maximum absolute atomic E-state index is 13.3. The third-order valence-corrected chi connectivity index (χ3v) is 5.49. The number of nitrogens with one attached hydrogen (secondary N) is 1. The van der Waals surface area contributed by atoms with Crippen LogP contribution < -0.4 is 4.72 Å². The van der Waals surface area contributed by atoms with Crippen LogP contribution in [0.2, 0.25) is 5.02 Å². The van der Waals surface area contributed by atoms with Crippen LogP contribution in [0.1, 0.15) is 31.2 Å². The molecule has 0 atom stereocenters. The number of aryl methyl sites for hydroxylation is 1. The van der Waals surface area contributed by atoms with Gasteiger partial charge in [0.1, 0.15) is 10.7 Å². The minimum absolute atomic E-state index is 0.0535. The Kier molecular flexibility index (Phi) is 4.39. The quantitative estimate of drug-likeness (QED) is 0.894. The second-order valence-electron chi connectivity index (χ2n) is 5.29. The van der Waals surface area contributed by atoms with Gasteiger partial charge in [0.25, 0.3) is 0 Å². The van der Waals surface area contributed by atoms with E-state index >= 15 is 0 Å². The van der Waals surface area contributed by atoms with Crippen molar-refractivity contribution >= 4 is 21.6 Å². The molecule has 2 N–H and O–H groups in total. The predicted octanol–water partition coefficient (Wildman–Crippen LogP) is 2.37. The molecule has 1 aliphatic rings. The molecular formula is C13H17ClFNO3S. The zero-order valence-electron chi connectivity index (χ0n) is 11.1. The third kappa shape index (κ3) is 3.31. The Morgan fingerprint density at radius 2 is 2.00 bits per heavy atom. The highest BCUT2D eigenvalue weighted by atomic mass is 35.5. The van der Waals surface area contributed by atoms with Gasteiger partial charge in [-0.1, -0.05) is 24.4 Å². The van der Waals surface area contributed by atoms with Crippen molar-refractivity contribution in [2.75, 3.05) is 6.54 Å². The Bertz CT molecular complexity index is 612.